The quantitative estimate of drug-likeness (QED) is 0.928. The summed E-state index contributed by atoms with van der Waals surface area (Å²) in [6.45, 7) is 4.93. The van der Waals surface area contributed by atoms with E-state index in [-0.39, 0.29) is 6.04 Å². The van der Waals surface area contributed by atoms with E-state index in [9.17, 15) is 0 Å². The van der Waals surface area contributed by atoms with E-state index in [2.05, 4.69) is 52.3 Å². The molecule has 2 heterocycles. The summed E-state index contributed by atoms with van der Waals surface area (Å²) in [6.07, 6.45) is 1.97. The number of rotatable bonds is 3. The molecular formula is C17H21N3. The summed E-state index contributed by atoms with van der Waals surface area (Å²) in [6, 6.07) is 15.0. The van der Waals surface area contributed by atoms with E-state index in [1.165, 1.54) is 11.1 Å². The van der Waals surface area contributed by atoms with Gasteiger partial charge in [0.15, 0.2) is 0 Å². The molecule has 0 spiro atoms. The second kappa shape index (κ2) is 5.73. The highest BCUT2D eigenvalue weighted by molar-refractivity contribution is 5.24. The van der Waals surface area contributed by atoms with Crippen LogP contribution in [0.3, 0.4) is 0 Å². The SMILES string of the molecule is Cc1ccc(CN2C[C@@H](N)[C@H](c3ccccc3)C2)cn1. The average molecular weight is 267 g/mol. The van der Waals surface area contributed by atoms with E-state index in [0.29, 0.717) is 5.92 Å². The Labute approximate surface area is 120 Å². The van der Waals surface area contributed by atoms with Gasteiger partial charge in [0.1, 0.15) is 0 Å². The second-order valence-corrected chi connectivity index (χ2v) is 5.68. The zero-order valence-electron chi connectivity index (χ0n) is 11.9. The number of pyridine rings is 1. The Balaban J connectivity index is 1.68. The molecule has 2 aromatic rings. The molecule has 1 aliphatic rings. The monoisotopic (exact) mass is 267 g/mol. The summed E-state index contributed by atoms with van der Waals surface area (Å²) in [4.78, 5) is 6.78. The average Bonchev–Trinajstić information content (AvgIpc) is 2.83. The van der Waals surface area contributed by atoms with Crippen LogP contribution < -0.4 is 5.73 Å². The standard InChI is InChI=1S/C17H21N3/c1-13-7-8-14(9-19-13)10-20-11-16(17(18)12-20)15-5-3-2-4-6-15/h2-9,16-17H,10-12,18H2,1H3/t16-,17+/m0/s1. The lowest BCUT2D eigenvalue weighted by Gasteiger charge is -2.16. The zero-order valence-corrected chi connectivity index (χ0v) is 11.9. The number of aromatic nitrogens is 1. The maximum absolute atomic E-state index is 6.32. The molecule has 3 heteroatoms. The van der Waals surface area contributed by atoms with Crippen molar-refractivity contribution >= 4 is 0 Å². The summed E-state index contributed by atoms with van der Waals surface area (Å²) < 4.78 is 0. The Kier molecular flexibility index (Phi) is 3.81. The minimum atomic E-state index is 0.218. The van der Waals surface area contributed by atoms with Gasteiger partial charge >= 0.3 is 0 Å². The predicted molar refractivity (Wildman–Crippen MR) is 81.4 cm³/mol. The molecule has 1 aliphatic heterocycles. The summed E-state index contributed by atoms with van der Waals surface area (Å²) in [5, 5.41) is 0. The molecule has 3 rings (SSSR count). The topological polar surface area (TPSA) is 42.1 Å². The first kappa shape index (κ1) is 13.3. The van der Waals surface area contributed by atoms with Gasteiger partial charge in [0.05, 0.1) is 0 Å². The number of nitrogens with zero attached hydrogens (tertiary/aromatic N) is 2. The van der Waals surface area contributed by atoms with E-state index in [1.807, 2.05) is 13.1 Å². The first-order chi connectivity index (χ1) is 9.72. The highest BCUT2D eigenvalue weighted by Crippen LogP contribution is 2.27. The molecule has 0 bridgehead atoms. The van der Waals surface area contributed by atoms with Gasteiger partial charge in [-0.3, -0.25) is 9.88 Å². The highest BCUT2D eigenvalue weighted by Gasteiger charge is 2.30. The zero-order chi connectivity index (χ0) is 13.9. The van der Waals surface area contributed by atoms with Gasteiger partial charge in [-0.25, -0.2) is 0 Å². The Morgan fingerprint density at radius 3 is 2.65 bits per heavy atom. The lowest BCUT2D eigenvalue weighted by atomic mass is 9.95. The fourth-order valence-corrected chi connectivity index (χ4v) is 2.95. The number of benzene rings is 1. The molecule has 0 saturated carbocycles. The van der Waals surface area contributed by atoms with Gasteiger partial charge in [0.25, 0.3) is 0 Å². The van der Waals surface area contributed by atoms with Crippen molar-refractivity contribution in [1.29, 1.82) is 0 Å². The predicted octanol–water partition coefficient (Wildman–Crippen LogP) is 2.32. The fourth-order valence-electron chi connectivity index (χ4n) is 2.95. The number of nitrogens with two attached hydrogens (primary N) is 1. The maximum Gasteiger partial charge on any atom is 0.0372 e. The largest absolute Gasteiger partial charge is 0.326 e. The normalized spacial score (nSPS) is 23.1. The third-order valence-electron chi connectivity index (χ3n) is 4.05. The van der Waals surface area contributed by atoms with Crippen LogP contribution in [0.2, 0.25) is 0 Å². The third kappa shape index (κ3) is 2.89. The fraction of sp³-hybridized carbons (Fsp3) is 0.353. The van der Waals surface area contributed by atoms with Crippen LogP contribution in [-0.2, 0) is 6.54 Å². The lowest BCUT2D eigenvalue weighted by molar-refractivity contribution is 0.323. The first-order valence-electron chi connectivity index (χ1n) is 7.17. The van der Waals surface area contributed by atoms with Crippen molar-refractivity contribution in [2.75, 3.05) is 13.1 Å². The van der Waals surface area contributed by atoms with E-state index in [1.54, 1.807) is 0 Å². The number of hydrogen-bond acceptors (Lipinski definition) is 3. The van der Waals surface area contributed by atoms with Gasteiger partial charge in [-0.2, -0.15) is 0 Å². The number of hydrogen-bond donors (Lipinski definition) is 1. The van der Waals surface area contributed by atoms with Crippen molar-refractivity contribution in [3.63, 3.8) is 0 Å². The van der Waals surface area contributed by atoms with Gasteiger partial charge in [0.2, 0.25) is 0 Å². The third-order valence-corrected chi connectivity index (χ3v) is 4.05. The van der Waals surface area contributed by atoms with Gasteiger partial charge in [-0.1, -0.05) is 36.4 Å². The van der Waals surface area contributed by atoms with Crippen molar-refractivity contribution in [3.8, 4) is 0 Å². The number of aryl methyl sites for hydroxylation is 1. The van der Waals surface area contributed by atoms with E-state index < -0.39 is 0 Å². The molecule has 104 valence electrons. The summed E-state index contributed by atoms with van der Waals surface area (Å²) >= 11 is 0. The molecule has 1 fully saturated rings. The summed E-state index contributed by atoms with van der Waals surface area (Å²) in [5.74, 6) is 0.439. The molecule has 1 aromatic carbocycles. The van der Waals surface area contributed by atoms with Gasteiger partial charge in [0, 0.05) is 43.5 Å². The van der Waals surface area contributed by atoms with Gasteiger partial charge in [-0.15, -0.1) is 0 Å². The minimum absolute atomic E-state index is 0.218. The Bertz CT molecular complexity index is 550. The maximum atomic E-state index is 6.32. The summed E-state index contributed by atoms with van der Waals surface area (Å²) in [5.41, 5.74) is 10.00. The van der Waals surface area contributed by atoms with Crippen LogP contribution in [0.1, 0.15) is 22.7 Å². The summed E-state index contributed by atoms with van der Waals surface area (Å²) in [7, 11) is 0. The molecule has 1 aromatic heterocycles. The molecule has 2 atom stereocenters. The molecule has 3 nitrogen and oxygen atoms in total. The molecule has 2 N–H and O–H groups in total. The molecule has 0 aliphatic carbocycles. The highest BCUT2D eigenvalue weighted by atomic mass is 15.2. The van der Waals surface area contributed by atoms with Crippen molar-refractivity contribution in [1.82, 2.24) is 9.88 Å². The van der Waals surface area contributed by atoms with Crippen LogP contribution in [0.4, 0.5) is 0 Å². The molecule has 20 heavy (non-hydrogen) atoms. The van der Waals surface area contributed by atoms with Crippen LogP contribution in [0, 0.1) is 6.92 Å². The van der Waals surface area contributed by atoms with E-state index in [0.717, 1.165) is 25.3 Å². The van der Waals surface area contributed by atoms with Crippen molar-refractivity contribution in [3.05, 3.63) is 65.5 Å². The Morgan fingerprint density at radius 2 is 1.95 bits per heavy atom. The second-order valence-electron chi connectivity index (χ2n) is 5.68. The van der Waals surface area contributed by atoms with Crippen molar-refractivity contribution in [2.24, 2.45) is 5.73 Å². The molecule has 0 radical (unpaired) electrons. The smallest absolute Gasteiger partial charge is 0.0372 e. The van der Waals surface area contributed by atoms with Crippen LogP contribution in [0.25, 0.3) is 0 Å². The molecule has 1 saturated heterocycles. The Morgan fingerprint density at radius 1 is 1.15 bits per heavy atom. The van der Waals surface area contributed by atoms with E-state index in [4.69, 9.17) is 5.73 Å². The van der Waals surface area contributed by atoms with Crippen LogP contribution in [0.15, 0.2) is 48.7 Å². The molecular weight excluding hydrogens is 246 g/mol. The molecule has 0 amide bonds. The van der Waals surface area contributed by atoms with Crippen molar-refractivity contribution < 1.29 is 0 Å². The minimum Gasteiger partial charge on any atom is -0.326 e. The number of likely N-dealkylation sites (tertiary alicyclic amines) is 1. The Hall–Kier alpha value is -1.71. The van der Waals surface area contributed by atoms with Crippen LogP contribution in [-0.4, -0.2) is 29.0 Å². The molecule has 0 unspecified atom stereocenters. The lowest BCUT2D eigenvalue weighted by Crippen LogP contribution is -2.28. The van der Waals surface area contributed by atoms with Gasteiger partial charge in [-0.05, 0) is 24.1 Å². The van der Waals surface area contributed by atoms with E-state index >= 15 is 0 Å². The van der Waals surface area contributed by atoms with Crippen LogP contribution >= 0.6 is 0 Å². The first-order valence-corrected chi connectivity index (χ1v) is 7.17. The van der Waals surface area contributed by atoms with Crippen LogP contribution in [0.5, 0.6) is 0 Å². The van der Waals surface area contributed by atoms with Gasteiger partial charge < -0.3 is 5.73 Å². The van der Waals surface area contributed by atoms with Crippen molar-refractivity contribution in [2.45, 2.75) is 25.4 Å².